The number of nitrogens with two attached hydrogens (primary N) is 1. The summed E-state index contributed by atoms with van der Waals surface area (Å²) in [5, 5.41) is 6.32. The molecule has 0 aliphatic carbocycles. The van der Waals surface area contributed by atoms with Crippen molar-refractivity contribution in [3.63, 3.8) is 0 Å². The van der Waals surface area contributed by atoms with Gasteiger partial charge in [-0.15, -0.1) is 0 Å². The first-order valence-electron chi connectivity index (χ1n) is 6.78. The molecule has 0 saturated carbocycles. The first-order valence-corrected chi connectivity index (χ1v) is 6.78. The van der Waals surface area contributed by atoms with Gasteiger partial charge in [0.15, 0.2) is 0 Å². The van der Waals surface area contributed by atoms with Gasteiger partial charge in [-0.3, -0.25) is 4.79 Å². The zero-order chi connectivity index (χ0) is 12.9. The molecule has 1 heterocycles. The van der Waals surface area contributed by atoms with Gasteiger partial charge in [-0.25, -0.2) is 0 Å². The Kier molecular flexibility index (Phi) is 4.95. The molecular weight excluding hydrogens is 214 g/mol. The van der Waals surface area contributed by atoms with E-state index in [1.54, 1.807) is 0 Å². The summed E-state index contributed by atoms with van der Waals surface area (Å²) < 4.78 is 0. The van der Waals surface area contributed by atoms with Crippen LogP contribution < -0.4 is 16.4 Å². The zero-order valence-corrected chi connectivity index (χ0v) is 11.4. The summed E-state index contributed by atoms with van der Waals surface area (Å²) in [6.07, 6.45) is 4.95. The summed E-state index contributed by atoms with van der Waals surface area (Å²) in [6.45, 7) is 7.61. The molecular formula is C13H27N3O. The van der Waals surface area contributed by atoms with Gasteiger partial charge in [0.1, 0.15) is 0 Å². The van der Waals surface area contributed by atoms with Crippen molar-refractivity contribution in [1.29, 1.82) is 0 Å². The van der Waals surface area contributed by atoms with Crippen LogP contribution in [0.25, 0.3) is 0 Å². The van der Waals surface area contributed by atoms with Crippen molar-refractivity contribution in [2.45, 2.75) is 64.0 Å². The molecule has 1 unspecified atom stereocenters. The molecule has 0 bridgehead atoms. The lowest BCUT2D eigenvalue weighted by Crippen LogP contribution is -2.60. The summed E-state index contributed by atoms with van der Waals surface area (Å²) in [7, 11) is 0. The minimum absolute atomic E-state index is 0.0916. The molecule has 1 rings (SSSR count). The molecule has 1 saturated heterocycles. The highest BCUT2D eigenvalue weighted by Gasteiger charge is 2.35. The van der Waals surface area contributed by atoms with Crippen LogP contribution >= 0.6 is 0 Å². The van der Waals surface area contributed by atoms with E-state index in [2.05, 4.69) is 24.5 Å². The monoisotopic (exact) mass is 241 g/mol. The first-order chi connectivity index (χ1) is 7.96. The molecule has 0 radical (unpaired) electrons. The number of carbonyl (C=O) groups excluding carboxylic acids is 1. The second-order valence-electron chi connectivity index (χ2n) is 5.47. The second kappa shape index (κ2) is 5.83. The van der Waals surface area contributed by atoms with E-state index < -0.39 is 5.54 Å². The molecule has 100 valence electrons. The predicted molar refractivity (Wildman–Crippen MR) is 70.8 cm³/mol. The van der Waals surface area contributed by atoms with E-state index in [4.69, 9.17) is 5.73 Å². The molecule has 1 aliphatic heterocycles. The normalized spacial score (nSPS) is 25.6. The van der Waals surface area contributed by atoms with E-state index in [-0.39, 0.29) is 11.4 Å². The minimum atomic E-state index is -0.402. The van der Waals surface area contributed by atoms with Gasteiger partial charge in [-0.05, 0) is 45.6 Å². The highest BCUT2D eigenvalue weighted by molar-refractivity contribution is 5.86. The van der Waals surface area contributed by atoms with Crippen LogP contribution in [0.5, 0.6) is 0 Å². The third-order valence-electron chi connectivity index (χ3n) is 4.13. The third-order valence-corrected chi connectivity index (χ3v) is 4.13. The maximum atomic E-state index is 12.2. The van der Waals surface area contributed by atoms with Crippen LogP contribution in [-0.4, -0.2) is 30.1 Å². The molecule has 1 aliphatic rings. The molecule has 0 spiro atoms. The van der Waals surface area contributed by atoms with Crippen molar-refractivity contribution in [1.82, 2.24) is 10.6 Å². The minimum Gasteiger partial charge on any atom is -0.353 e. The molecule has 1 atom stereocenters. The van der Waals surface area contributed by atoms with Crippen LogP contribution in [0.2, 0.25) is 0 Å². The fourth-order valence-corrected chi connectivity index (χ4v) is 2.20. The van der Waals surface area contributed by atoms with Crippen molar-refractivity contribution >= 4 is 5.91 Å². The maximum absolute atomic E-state index is 12.2. The average Bonchev–Trinajstić information content (AvgIpc) is 2.36. The largest absolute Gasteiger partial charge is 0.353 e. The summed E-state index contributed by atoms with van der Waals surface area (Å²) in [4.78, 5) is 12.2. The van der Waals surface area contributed by atoms with Crippen LogP contribution in [-0.2, 0) is 4.79 Å². The zero-order valence-electron chi connectivity index (χ0n) is 11.4. The predicted octanol–water partition coefficient (Wildman–Crippen LogP) is 1.15. The van der Waals surface area contributed by atoms with E-state index in [0.717, 1.165) is 38.6 Å². The topological polar surface area (TPSA) is 67.1 Å². The van der Waals surface area contributed by atoms with Crippen molar-refractivity contribution in [2.75, 3.05) is 13.1 Å². The van der Waals surface area contributed by atoms with Gasteiger partial charge < -0.3 is 16.4 Å². The lowest BCUT2D eigenvalue weighted by molar-refractivity contribution is -0.128. The van der Waals surface area contributed by atoms with Crippen molar-refractivity contribution in [2.24, 2.45) is 5.73 Å². The number of piperidine rings is 1. The van der Waals surface area contributed by atoms with Gasteiger partial charge in [0.2, 0.25) is 5.91 Å². The Hall–Kier alpha value is -0.610. The number of nitrogens with one attached hydrogen (secondary N) is 2. The van der Waals surface area contributed by atoms with Gasteiger partial charge in [0.05, 0.1) is 5.54 Å². The smallest absolute Gasteiger partial charge is 0.240 e. The fourth-order valence-electron chi connectivity index (χ4n) is 2.20. The van der Waals surface area contributed by atoms with Crippen LogP contribution in [0.4, 0.5) is 0 Å². The second-order valence-corrected chi connectivity index (χ2v) is 5.47. The molecule has 1 amide bonds. The summed E-state index contributed by atoms with van der Waals surface area (Å²) >= 11 is 0. The Morgan fingerprint density at radius 3 is 2.53 bits per heavy atom. The summed E-state index contributed by atoms with van der Waals surface area (Å²) in [6, 6.07) is 0. The maximum Gasteiger partial charge on any atom is 0.240 e. The summed E-state index contributed by atoms with van der Waals surface area (Å²) in [5.41, 5.74) is 5.52. The van der Waals surface area contributed by atoms with Gasteiger partial charge in [-0.1, -0.05) is 13.8 Å². The molecule has 0 aromatic heterocycles. The van der Waals surface area contributed by atoms with Crippen LogP contribution in [0.1, 0.15) is 52.9 Å². The van der Waals surface area contributed by atoms with Crippen molar-refractivity contribution in [3.05, 3.63) is 0 Å². The highest BCUT2D eigenvalue weighted by Crippen LogP contribution is 2.19. The van der Waals surface area contributed by atoms with Gasteiger partial charge in [0, 0.05) is 12.1 Å². The third kappa shape index (κ3) is 3.68. The van der Waals surface area contributed by atoms with E-state index >= 15 is 0 Å². The highest BCUT2D eigenvalue weighted by atomic mass is 16.2. The van der Waals surface area contributed by atoms with Crippen LogP contribution in [0.15, 0.2) is 0 Å². The molecule has 1 fully saturated rings. The van der Waals surface area contributed by atoms with E-state index in [1.165, 1.54) is 0 Å². The number of rotatable bonds is 5. The molecule has 4 heteroatoms. The van der Waals surface area contributed by atoms with Crippen molar-refractivity contribution in [3.8, 4) is 0 Å². The van der Waals surface area contributed by atoms with Crippen LogP contribution in [0.3, 0.4) is 0 Å². The lowest BCUT2D eigenvalue weighted by Gasteiger charge is -2.35. The average molecular weight is 241 g/mol. The Labute approximate surface area is 105 Å². The van der Waals surface area contributed by atoms with E-state index in [0.29, 0.717) is 6.54 Å². The summed E-state index contributed by atoms with van der Waals surface area (Å²) in [5.74, 6) is 0.0916. The van der Waals surface area contributed by atoms with Crippen molar-refractivity contribution < 1.29 is 4.79 Å². The number of hydrogen-bond acceptors (Lipinski definition) is 3. The molecule has 17 heavy (non-hydrogen) atoms. The molecule has 4 N–H and O–H groups in total. The molecule has 0 aromatic rings. The molecule has 4 nitrogen and oxygen atoms in total. The van der Waals surface area contributed by atoms with Gasteiger partial charge in [0.25, 0.3) is 0 Å². The van der Waals surface area contributed by atoms with Gasteiger partial charge >= 0.3 is 0 Å². The Morgan fingerprint density at radius 2 is 2.06 bits per heavy atom. The van der Waals surface area contributed by atoms with Crippen LogP contribution in [0, 0.1) is 0 Å². The quantitative estimate of drug-likeness (QED) is 0.676. The van der Waals surface area contributed by atoms with E-state index in [9.17, 15) is 4.79 Å². The number of hydrogen-bond donors (Lipinski definition) is 3. The first kappa shape index (κ1) is 14.5. The fraction of sp³-hybridized carbons (Fsp3) is 0.923. The number of carbonyl (C=O) groups is 1. The standard InChI is InChI=1S/C13H27N3O/c1-4-13(14,5-2)10-15-11(17)12(3)8-6-7-9-16-12/h16H,4-10,14H2,1-3H3,(H,15,17). The van der Waals surface area contributed by atoms with E-state index in [1.807, 2.05) is 6.92 Å². The lowest BCUT2D eigenvalue weighted by atomic mass is 9.89. The SMILES string of the molecule is CCC(N)(CC)CNC(=O)C1(C)CCCCN1. The Balaban J connectivity index is 2.48. The number of amides is 1. The molecule has 0 aromatic carbocycles. The Bertz CT molecular complexity index is 255. The Morgan fingerprint density at radius 1 is 1.41 bits per heavy atom. The van der Waals surface area contributed by atoms with Gasteiger partial charge in [-0.2, -0.15) is 0 Å².